The maximum Gasteiger partial charge on any atom is 0.254 e. The fraction of sp³-hybridized carbons (Fsp3) is 0.0588. The highest BCUT2D eigenvalue weighted by molar-refractivity contribution is 6.30. The fourth-order valence-corrected chi connectivity index (χ4v) is 2.36. The minimum absolute atomic E-state index is 0.261. The number of nitrogens with two attached hydrogens (primary N) is 1. The lowest BCUT2D eigenvalue weighted by atomic mass is 10.1. The molecule has 3 N–H and O–H groups in total. The lowest BCUT2D eigenvalue weighted by molar-refractivity contribution is 0.100. The summed E-state index contributed by atoms with van der Waals surface area (Å²) in [6, 6.07) is 10.9. The topological polar surface area (TPSA) is 97.0 Å². The monoisotopic (exact) mass is 339 g/mol. The van der Waals surface area contributed by atoms with Crippen molar-refractivity contribution in [3.05, 3.63) is 76.2 Å². The predicted molar refractivity (Wildman–Crippen MR) is 92.9 cm³/mol. The first-order valence-corrected chi connectivity index (χ1v) is 7.57. The molecular formula is C17H14ClN5O. The van der Waals surface area contributed by atoms with Crippen molar-refractivity contribution >= 4 is 29.5 Å². The average molecular weight is 340 g/mol. The fourth-order valence-electron chi connectivity index (χ4n) is 2.24. The number of nitrogens with zero attached hydrogens (tertiary/aromatic N) is 3. The molecule has 0 atom stereocenters. The van der Waals surface area contributed by atoms with E-state index in [0.29, 0.717) is 17.1 Å². The highest BCUT2D eigenvalue weighted by atomic mass is 35.5. The first-order valence-electron chi connectivity index (χ1n) is 7.19. The Hall–Kier alpha value is -2.99. The van der Waals surface area contributed by atoms with Crippen LogP contribution in [0.1, 0.15) is 27.2 Å². The molecule has 0 aliphatic rings. The minimum Gasteiger partial charge on any atom is -0.365 e. The zero-order valence-corrected chi connectivity index (χ0v) is 13.4. The molecule has 0 aliphatic carbocycles. The van der Waals surface area contributed by atoms with Gasteiger partial charge in [-0.05, 0) is 29.3 Å². The third-order valence-corrected chi connectivity index (χ3v) is 3.63. The number of hydrogen-bond acceptors (Lipinski definition) is 4. The molecule has 120 valence electrons. The lowest BCUT2D eigenvalue weighted by Gasteiger charge is -2.00. The molecule has 2 heterocycles. The summed E-state index contributed by atoms with van der Waals surface area (Å²) in [6.45, 7) is 0. The summed E-state index contributed by atoms with van der Waals surface area (Å²) >= 11 is 5.85. The van der Waals surface area contributed by atoms with Gasteiger partial charge in [-0.15, -0.1) is 0 Å². The van der Waals surface area contributed by atoms with Gasteiger partial charge in [0.2, 0.25) is 0 Å². The highest BCUT2D eigenvalue weighted by Crippen LogP contribution is 2.21. The molecule has 24 heavy (non-hydrogen) atoms. The molecule has 2 aromatic heterocycles. The average Bonchev–Trinajstić information content (AvgIpc) is 2.98. The van der Waals surface area contributed by atoms with Gasteiger partial charge in [0.05, 0.1) is 5.69 Å². The number of halogens is 1. The molecule has 0 saturated carbocycles. The van der Waals surface area contributed by atoms with Gasteiger partial charge in [0.25, 0.3) is 5.91 Å². The van der Waals surface area contributed by atoms with Gasteiger partial charge in [-0.3, -0.25) is 14.9 Å². The summed E-state index contributed by atoms with van der Waals surface area (Å²) in [6.07, 6.45) is 5.48. The van der Waals surface area contributed by atoms with Gasteiger partial charge >= 0.3 is 0 Å². The minimum atomic E-state index is -0.578. The molecule has 0 bridgehead atoms. The van der Waals surface area contributed by atoms with Gasteiger partial charge < -0.3 is 5.73 Å². The van der Waals surface area contributed by atoms with Crippen LogP contribution in [0.4, 0.5) is 5.82 Å². The largest absolute Gasteiger partial charge is 0.365 e. The Morgan fingerprint density at radius 3 is 2.75 bits per heavy atom. The predicted octanol–water partition coefficient (Wildman–Crippen LogP) is 2.90. The van der Waals surface area contributed by atoms with Crippen LogP contribution < -0.4 is 5.73 Å². The van der Waals surface area contributed by atoms with Crippen LogP contribution in [0.25, 0.3) is 0 Å². The Morgan fingerprint density at radius 1 is 1.29 bits per heavy atom. The number of pyridine rings is 1. The molecule has 0 saturated heterocycles. The number of benzene rings is 1. The summed E-state index contributed by atoms with van der Waals surface area (Å²) in [5.41, 5.74) is 8.17. The Kier molecular flexibility index (Phi) is 4.67. The van der Waals surface area contributed by atoms with E-state index in [0.717, 1.165) is 11.1 Å². The van der Waals surface area contributed by atoms with Crippen molar-refractivity contribution in [2.75, 3.05) is 0 Å². The van der Waals surface area contributed by atoms with Gasteiger partial charge in [0.1, 0.15) is 5.56 Å². The van der Waals surface area contributed by atoms with Gasteiger partial charge in [-0.1, -0.05) is 29.8 Å². The number of H-pyrrole nitrogens is 1. The first kappa shape index (κ1) is 15.9. The van der Waals surface area contributed by atoms with Crippen molar-refractivity contribution in [1.82, 2.24) is 15.2 Å². The molecule has 3 rings (SSSR count). The first-order chi connectivity index (χ1) is 11.6. The number of nitrogens with one attached hydrogen (secondary N) is 1. The van der Waals surface area contributed by atoms with Crippen molar-refractivity contribution < 1.29 is 4.79 Å². The van der Waals surface area contributed by atoms with Crippen LogP contribution >= 0.6 is 11.6 Å². The van der Waals surface area contributed by atoms with Gasteiger partial charge in [0, 0.05) is 30.1 Å². The molecule has 0 unspecified atom stereocenters. The van der Waals surface area contributed by atoms with E-state index in [9.17, 15) is 4.79 Å². The summed E-state index contributed by atoms with van der Waals surface area (Å²) in [4.78, 5) is 20.1. The van der Waals surface area contributed by atoms with E-state index in [1.165, 1.54) is 0 Å². The van der Waals surface area contributed by atoms with Crippen LogP contribution in [0.15, 0.2) is 53.8 Å². The standard InChI is InChI=1S/C17H14ClN5O/c18-13-5-3-11(4-6-13)10-21-17-15(16(19)24)14(22-23-17)8-12-2-1-7-20-9-12/h1-7,9-10H,8H2,(H2,19,24)(H,22,23). The number of rotatable bonds is 5. The maximum absolute atomic E-state index is 11.8. The second-order valence-electron chi connectivity index (χ2n) is 5.11. The number of aromatic amines is 1. The molecule has 0 fully saturated rings. The molecule has 7 heteroatoms. The molecular weight excluding hydrogens is 326 g/mol. The Morgan fingerprint density at radius 2 is 2.08 bits per heavy atom. The van der Waals surface area contributed by atoms with E-state index >= 15 is 0 Å². The highest BCUT2D eigenvalue weighted by Gasteiger charge is 2.17. The smallest absolute Gasteiger partial charge is 0.254 e. The van der Waals surface area contributed by atoms with Crippen LogP contribution in [0.3, 0.4) is 0 Å². The zero-order valence-electron chi connectivity index (χ0n) is 12.6. The molecule has 0 radical (unpaired) electrons. The number of carbonyl (C=O) groups is 1. The third-order valence-electron chi connectivity index (χ3n) is 3.38. The van der Waals surface area contributed by atoms with E-state index in [-0.39, 0.29) is 11.4 Å². The van der Waals surface area contributed by atoms with Crippen LogP contribution in [-0.4, -0.2) is 27.3 Å². The lowest BCUT2D eigenvalue weighted by Crippen LogP contribution is -2.13. The second kappa shape index (κ2) is 7.06. The van der Waals surface area contributed by atoms with Gasteiger partial charge in [-0.2, -0.15) is 5.10 Å². The third kappa shape index (κ3) is 3.67. The maximum atomic E-state index is 11.8. The quantitative estimate of drug-likeness (QED) is 0.699. The second-order valence-corrected chi connectivity index (χ2v) is 5.55. The van der Waals surface area contributed by atoms with E-state index < -0.39 is 5.91 Å². The number of aromatic nitrogens is 3. The van der Waals surface area contributed by atoms with Crippen LogP contribution in [0.5, 0.6) is 0 Å². The normalized spacial score (nSPS) is 11.0. The summed E-state index contributed by atoms with van der Waals surface area (Å²) < 4.78 is 0. The molecule has 3 aromatic rings. The Bertz CT molecular complexity index is 872. The number of carbonyl (C=O) groups excluding carboxylic acids is 1. The van der Waals surface area contributed by atoms with E-state index in [4.69, 9.17) is 17.3 Å². The van der Waals surface area contributed by atoms with Crippen molar-refractivity contribution in [1.29, 1.82) is 0 Å². The van der Waals surface area contributed by atoms with Crippen LogP contribution in [0.2, 0.25) is 5.02 Å². The number of amides is 1. The summed E-state index contributed by atoms with van der Waals surface area (Å²) in [5.74, 6) is -0.317. The Balaban J connectivity index is 1.88. The molecule has 1 aromatic carbocycles. The van der Waals surface area contributed by atoms with Gasteiger partial charge in [0.15, 0.2) is 5.82 Å². The van der Waals surface area contributed by atoms with Crippen molar-refractivity contribution in [3.8, 4) is 0 Å². The van der Waals surface area contributed by atoms with Gasteiger partial charge in [-0.25, -0.2) is 4.99 Å². The number of hydrogen-bond donors (Lipinski definition) is 2. The van der Waals surface area contributed by atoms with E-state index in [2.05, 4.69) is 20.2 Å². The van der Waals surface area contributed by atoms with E-state index in [1.807, 2.05) is 24.3 Å². The van der Waals surface area contributed by atoms with Crippen molar-refractivity contribution in [2.45, 2.75) is 6.42 Å². The summed E-state index contributed by atoms with van der Waals surface area (Å²) in [7, 11) is 0. The Labute approximate surface area is 143 Å². The zero-order chi connectivity index (χ0) is 16.9. The van der Waals surface area contributed by atoms with Crippen LogP contribution in [0, 0.1) is 0 Å². The SMILES string of the molecule is NC(=O)c1c(N=Cc2ccc(Cl)cc2)n[nH]c1Cc1cccnc1. The van der Waals surface area contributed by atoms with Crippen LogP contribution in [-0.2, 0) is 6.42 Å². The summed E-state index contributed by atoms with van der Waals surface area (Å²) in [5, 5.41) is 7.57. The molecule has 0 aliphatic heterocycles. The molecule has 6 nitrogen and oxygen atoms in total. The molecule has 1 amide bonds. The molecule has 0 spiro atoms. The number of primary amides is 1. The van der Waals surface area contributed by atoms with E-state index in [1.54, 1.807) is 30.7 Å². The van der Waals surface area contributed by atoms with Crippen molar-refractivity contribution in [3.63, 3.8) is 0 Å². The number of aliphatic imine (C=N–C) groups is 1. The van der Waals surface area contributed by atoms with Crippen molar-refractivity contribution in [2.24, 2.45) is 10.7 Å².